The van der Waals surface area contributed by atoms with Crippen LogP contribution < -0.4 is 5.32 Å². The molecular weight excluding hydrogens is 326 g/mol. The first-order valence-corrected chi connectivity index (χ1v) is 9.26. The summed E-state index contributed by atoms with van der Waals surface area (Å²) in [5.41, 5.74) is 1.49. The van der Waals surface area contributed by atoms with E-state index in [-0.39, 0.29) is 18.0 Å². The van der Waals surface area contributed by atoms with Crippen LogP contribution in [0.5, 0.6) is 0 Å². The van der Waals surface area contributed by atoms with E-state index in [1.165, 1.54) is 6.26 Å². The van der Waals surface area contributed by atoms with Gasteiger partial charge < -0.3 is 10.1 Å². The highest BCUT2D eigenvalue weighted by Crippen LogP contribution is 2.16. The number of hydrogen-bond donors (Lipinski definition) is 1. The predicted molar refractivity (Wildman–Crippen MR) is 93.2 cm³/mol. The van der Waals surface area contributed by atoms with E-state index in [0.29, 0.717) is 5.56 Å². The Morgan fingerprint density at radius 3 is 2.46 bits per heavy atom. The molecule has 126 valence electrons. The molecule has 0 saturated heterocycles. The molecule has 0 atom stereocenters. The van der Waals surface area contributed by atoms with Gasteiger partial charge in [-0.15, -0.1) is 0 Å². The van der Waals surface area contributed by atoms with Crippen LogP contribution in [0.3, 0.4) is 0 Å². The van der Waals surface area contributed by atoms with Crippen molar-refractivity contribution in [1.82, 2.24) is 5.32 Å². The Hall–Kier alpha value is -2.60. The fraction of sp³-hybridized carbons (Fsp3) is 0.167. The van der Waals surface area contributed by atoms with Gasteiger partial charge in [0.1, 0.15) is 6.61 Å². The SMILES string of the molecule is CS(=O)(=O)c1ccccc1C=CCNC(=O)OCc1ccccc1. The third-order valence-electron chi connectivity index (χ3n) is 3.19. The smallest absolute Gasteiger partial charge is 0.407 e. The molecule has 0 fully saturated rings. The molecule has 0 radical (unpaired) electrons. The van der Waals surface area contributed by atoms with Crippen LogP contribution in [0.4, 0.5) is 4.79 Å². The topological polar surface area (TPSA) is 72.5 Å². The standard InChI is InChI=1S/C18H19NO4S/c1-24(21,22)17-12-6-5-10-16(17)11-7-13-19-18(20)23-14-15-8-3-2-4-9-15/h2-12H,13-14H2,1H3,(H,19,20). The van der Waals surface area contributed by atoms with E-state index in [0.717, 1.165) is 5.56 Å². The number of benzene rings is 2. The van der Waals surface area contributed by atoms with Gasteiger partial charge >= 0.3 is 6.09 Å². The van der Waals surface area contributed by atoms with Crippen LogP contribution in [0.2, 0.25) is 0 Å². The fourth-order valence-corrected chi connectivity index (χ4v) is 2.95. The van der Waals surface area contributed by atoms with Crippen molar-refractivity contribution in [2.45, 2.75) is 11.5 Å². The summed E-state index contributed by atoms with van der Waals surface area (Å²) in [7, 11) is -3.29. The summed E-state index contributed by atoms with van der Waals surface area (Å²) in [6.07, 6.45) is 3.97. The maximum Gasteiger partial charge on any atom is 0.407 e. The Labute approximate surface area is 141 Å². The van der Waals surface area contributed by atoms with E-state index in [1.807, 2.05) is 30.3 Å². The number of nitrogens with one attached hydrogen (secondary N) is 1. The maximum atomic E-state index is 11.7. The lowest BCUT2D eigenvalue weighted by Gasteiger charge is -2.06. The molecule has 0 spiro atoms. The Balaban J connectivity index is 1.84. The number of carbonyl (C=O) groups is 1. The molecule has 1 amide bonds. The minimum absolute atomic E-state index is 0.202. The van der Waals surface area contributed by atoms with Crippen molar-refractivity contribution >= 4 is 22.0 Å². The number of alkyl carbamates (subject to hydrolysis) is 1. The van der Waals surface area contributed by atoms with Crippen LogP contribution in [0, 0.1) is 0 Å². The lowest BCUT2D eigenvalue weighted by Crippen LogP contribution is -2.24. The maximum absolute atomic E-state index is 11.7. The summed E-state index contributed by atoms with van der Waals surface area (Å²) in [4.78, 5) is 11.8. The molecule has 0 bridgehead atoms. The summed E-state index contributed by atoms with van der Waals surface area (Å²) in [5, 5.41) is 2.58. The third kappa shape index (κ3) is 5.55. The molecule has 6 heteroatoms. The molecule has 2 aromatic carbocycles. The van der Waals surface area contributed by atoms with Crippen LogP contribution >= 0.6 is 0 Å². The molecule has 1 N–H and O–H groups in total. The highest BCUT2D eigenvalue weighted by atomic mass is 32.2. The van der Waals surface area contributed by atoms with Crippen LogP contribution in [0.1, 0.15) is 11.1 Å². The monoisotopic (exact) mass is 345 g/mol. The molecule has 0 saturated carbocycles. The van der Waals surface area contributed by atoms with Gasteiger partial charge in [0.25, 0.3) is 0 Å². The third-order valence-corrected chi connectivity index (χ3v) is 4.36. The van der Waals surface area contributed by atoms with Gasteiger partial charge in [0.15, 0.2) is 9.84 Å². The second-order valence-electron chi connectivity index (χ2n) is 5.15. The first-order valence-electron chi connectivity index (χ1n) is 7.37. The van der Waals surface area contributed by atoms with Gasteiger partial charge in [0, 0.05) is 12.8 Å². The van der Waals surface area contributed by atoms with E-state index >= 15 is 0 Å². The zero-order chi connectivity index (χ0) is 17.4. The van der Waals surface area contributed by atoms with Crippen molar-refractivity contribution in [3.8, 4) is 0 Å². The second-order valence-corrected chi connectivity index (χ2v) is 7.14. The van der Waals surface area contributed by atoms with E-state index in [9.17, 15) is 13.2 Å². The molecular formula is C18H19NO4S. The van der Waals surface area contributed by atoms with Gasteiger partial charge in [-0.1, -0.05) is 60.7 Å². The lowest BCUT2D eigenvalue weighted by molar-refractivity contribution is 0.141. The van der Waals surface area contributed by atoms with Gasteiger partial charge in [-0.05, 0) is 17.2 Å². The molecule has 0 aromatic heterocycles. The highest BCUT2D eigenvalue weighted by molar-refractivity contribution is 7.90. The fourth-order valence-electron chi connectivity index (χ4n) is 2.06. The summed E-state index contributed by atoms with van der Waals surface area (Å²) >= 11 is 0. The quantitative estimate of drug-likeness (QED) is 0.873. The largest absolute Gasteiger partial charge is 0.445 e. The Bertz CT molecular complexity index is 814. The van der Waals surface area contributed by atoms with Crippen molar-refractivity contribution in [2.75, 3.05) is 12.8 Å². The van der Waals surface area contributed by atoms with Crippen LogP contribution in [0.15, 0.2) is 65.6 Å². The number of amides is 1. The Kier molecular flexibility index (Phi) is 6.14. The molecule has 0 unspecified atom stereocenters. The normalized spacial score (nSPS) is 11.4. The van der Waals surface area contributed by atoms with Gasteiger partial charge in [-0.3, -0.25) is 0 Å². The van der Waals surface area contributed by atoms with Crippen molar-refractivity contribution in [1.29, 1.82) is 0 Å². The van der Waals surface area contributed by atoms with E-state index < -0.39 is 15.9 Å². The van der Waals surface area contributed by atoms with Crippen LogP contribution in [-0.4, -0.2) is 27.3 Å². The molecule has 5 nitrogen and oxygen atoms in total. The van der Waals surface area contributed by atoms with Crippen molar-refractivity contribution < 1.29 is 17.9 Å². The molecule has 0 aliphatic heterocycles. The molecule has 0 aliphatic carbocycles. The van der Waals surface area contributed by atoms with E-state index in [4.69, 9.17) is 4.74 Å². The van der Waals surface area contributed by atoms with Gasteiger partial charge in [-0.2, -0.15) is 0 Å². The van der Waals surface area contributed by atoms with E-state index in [1.54, 1.807) is 36.4 Å². The van der Waals surface area contributed by atoms with Gasteiger partial charge in [0.2, 0.25) is 0 Å². The molecule has 2 aromatic rings. The molecule has 2 rings (SSSR count). The van der Waals surface area contributed by atoms with E-state index in [2.05, 4.69) is 5.32 Å². The number of carbonyl (C=O) groups excluding carboxylic acids is 1. The predicted octanol–water partition coefficient (Wildman–Crippen LogP) is 3.03. The Morgan fingerprint density at radius 2 is 1.75 bits per heavy atom. The van der Waals surface area contributed by atoms with Gasteiger partial charge in [-0.25, -0.2) is 13.2 Å². The second kappa shape index (κ2) is 8.31. The molecule has 0 aliphatic rings. The summed E-state index contributed by atoms with van der Waals surface area (Å²) < 4.78 is 28.5. The Morgan fingerprint density at radius 1 is 1.08 bits per heavy atom. The summed E-state index contributed by atoms with van der Waals surface area (Å²) in [6, 6.07) is 16.1. The summed E-state index contributed by atoms with van der Waals surface area (Å²) in [6.45, 7) is 0.443. The first kappa shape index (κ1) is 17.7. The summed E-state index contributed by atoms with van der Waals surface area (Å²) in [5.74, 6) is 0. The minimum Gasteiger partial charge on any atom is -0.445 e. The number of ether oxygens (including phenoxy) is 1. The van der Waals surface area contributed by atoms with Crippen LogP contribution in [0.25, 0.3) is 6.08 Å². The zero-order valence-electron chi connectivity index (χ0n) is 13.3. The highest BCUT2D eigenvalue weighted by Gasteiger charge is 2.10. The first-order chi connectivity index (χ1) is 11.5. The van der Waals surface area contributed by atoms with Crippen molar-refractivity contribution in [2.24, 2.45) is 0 Å². The zero-order valence-corrected chi connectivity index (χ0v) is 14.1. The average Bonchev–Trinajstić information content (AvgIpc) is 2.57. The number of hydrogen-bond acceptors (Lipinski definition) is 4. The minimum atomic E-state index is -3.29. The molecule has 0 heterocycles. The lowest BCUT2D eigenvalue weighted by atomic mass is 10.2. The number of sulfone groups is 1. The van der Waals surface area contributed by atoms with Crippen LogP contribution in [-0.2, 0) is 21.2 Å². The van der Waals surface area contributed by atoms with Gasteiger partial charge in [0.05, 0.1) is 4.90 Å². The average molecular weight is 345 g/mol. The van der Waals surface area contributed by atoms with Crippen molar-refractivity contribution in [3.63, 3.8) is 0 Å². The molecule has 24 heavy (non-hydrogen) atoms. The number of rotatable bonds is 6. The van der Waals surface area contributed by atoms with Crippen molar-refractivity contribution in [3.05, 3.63) is 71.8 Å².